The van der Waals surface area contributed by atoms with Crippen LogP contribution in [0.5, 0.6) is 0 Å². The Bertz CT molecular complexity index is 598. The zero-order chi connectivity index (χ0) is 14.8. The van der Waals surface area contributed by atoms with Gasteiger partial charge in [0.2, 0.25) is 0 Å². The molecule has 3 heterocycles. The summed E-state index contributed by atoms with van der Waals surface area (Å²) >= 11 is 1.53. The molecule has 1 saturated heterocycles. The van der Waals surface area contributed by atoms with Crippen LogP contribution in [0.4, 0.5) is 0 Å². The Labute approximate surface area is 129 Å². The van der Waals surface area contributed by atoms with Crippen molar-refractivity contribution in [3.05, 3.63) is 40.1 Å². The van der Waals surface area contributed by atoms with Gasteiger partial charge in [-0.25, -0.2) is 4.98 Å². The number of aryl methyl sites for hydroxylation is 2. The molecule has 1 aliphatic rings. The minimum Gasteiger partial charge on any atom is -0.338 e. The molecule has 1 fully saturated rings. The number of thiophene rings is 1. The molecule has 1 aliphatic heterocycles. The zero-order valence-electron chi connectivity index (χ0n) is 12.6. The molecular weight excluding hydrogens is 282 g/mol. The topological polar surface area (TPSA) is 38.1 Å². The number of piperidine rings is 1. The van der Waals surface area contributed by atoms with Crippen LogP contribution in [0.15, 0.2) is 23.7 Å². The third kappa shape index (κ3) is 3.02. The van der Waals surface area contributed by atoms with E-state index in [2.05, 4.69) is 16.5 Å². The van der Waals surface area contributed by atoms with Gasteiger partial charge in [-0.3, -0.25) is 4.79 Å². The second kappa shape index (κ2) is 6.02. The SMILES string of the molecule is Cc1cnc(C)n1CC1CCCN(C(=O)c2cccs2)C1. The normalized spacial score (nSPS) is 19.0. The molecule has 1 unspecified atom stereocenters. The second-order valence-electron chi connectivity index (χ2n) is 5.79. The fourth-order valence-electron chi connectivity index (χ4n) is 3.07. The molecule has 0 radical (unpaired) electrons. The van der Waals surface area contributed by atoms with Gasteiger partial charge >= 0.3 is 0 Å². The van der Waals surface area contributed by atoms with Gasteiger partial charge in [-0.2, -0.15) is 0 Å². The molecule has 0 spiro atoms. The highest BCUT2D eigenvalue weighted by Gasteiger charge is 2.25. The third-order valence-electron chi connectivity index (χ3n) is 4.23. The van der Waals surface area contributed by atoms with Crippen molar-refractivity contribution < 1.29 is 4.79 Å². The van der Waals surface area contributed by atoms with Crippen molar-refractivity contribution in [1.29, 1.82) is 0 Å². The highest BCUT2D eigenvalue weighted by molar-refractivity contribution is 7.12. The van der Waals surface area contributed by atoms with Crippen LogP contribution in [-0.2, 0) is 6.54 Å². The average molecular weight is 303 g/mol. The lowest BCUT2D eigenvalue weighted by molar-refractivity contribution is 0.0666. The fourth-order valence-corrected chi connectivity index (χ4v) is 3.76. The second-order valence-corrected chi connectivity index (χ2v) is 6.74. The summed E-state index contributed by atoms with van der Waals surface area (Å²) in [5.74, 6) is 1.78. The summed E-state index contributed by atoms with van der Waals surface area (Å²) in [5.41, 5.74) is 1.20. The van der Waals surface area contributed by atoms with Gasteiger partial charge in [0.1, 0.15) is 5.82 Å². The first kappa shape index (κ1) is 14.3. The number of carbonyl (C=O) groups is 1. The van der Waals surface area contributed by atoms with E-state index in [9.17, 15) is 4.79 Å². The Balaban J connectivity index is 1.67. The van der Waals surface area contributed by atoms with Gasteiger partial charge in [-0.1, -0.05) is 6.07 Å². The zero-order valence-corrected chi connectivity index (χ0v) is 13.4. The summed E-state index contributed by atoms with van der Waals surface area (Å²) in [5, 5.41) is 1.97. The standard InChI is InChI=1S/C16H21N3OS/c1-12-9-17-13(2)19(12)11-14-5-3-7-18(10-14)16(20)15-6-4-8-21-15/h4,6,8-9,14H,3,5,7,10-11H2,1-2H3. The van der Waals surface area contributed by atoms with Crippen molar-refractivity contribution in [3.8, 4) is 0 Å². The molecule has 1 atom stereocenters. The summed E-state index contributed by atoms with van der Waals surface area (Å²) in [6, 6.07) is 3.86. The van der Waals surface area contributed by atoms with Gasteiger partial charge in [-0.05, 0) is 44.1 Å². The van der Waals surface area contributed by atoms with Gasteiger partial charge in [0, 0.05) is 31.5 Å². The van der Waals surface area contributed by atoms with E-state index in [1.165, 1.54) is 23.5 Å². The molecule has 2 aromatic heterocycles. The Morgan fingerprint density at radius 3 is 3.00 bits per heavy atom. The smallest absolute Gasteiger partial charge is 0.263 e. The Morgan fingerprint density at radius 2 is 2.33 bits per heavy atom. The van der Waals surface area contributed by atoms with E-state index in [1.807, 2.05) is 35.5 Å². The van der Waals surface area contributed by atoms with Gasteiger partial charge in [0.05, 0.1) is 4.88 Å². The average Bonchev–Trinajstić information content (AvgIpc) is 3.12. The van der Waals surface area contributed by atoms with Crippen molar-refractivity contribution in [3.63, 3.8) is 0 Å². The summed E-state index contributed by atoms with van der Waals surface area (Å²) in [7, 11) is 0. The molecular formula is C16H21N3OS. The number of imidazole rings is 1. The van der Waals surface area contributed by atoms with Crippen molar-refractivity contribution in [1.82, 2.24) is 14.5 Å². The van der Waals surface area contributed by atoms with E-state index in [-0.39, 0.29) is 5.91 Å². The van der Waals surface area contributed by atoms with Crippen LogP contribution >= 0.6 is 11.3 Å². The molecule has 0 bridgehead atoms. The first-order chi connectivity index (χ1) is 10.1. The summed E-state index contributed by atoms with van der Waals surface area (Å²) < 4.78 is 2.27. The van der Waals surface area contributed by atoms with Crippen molar-refractivity contribution in [2.45, 2.75) is 33.2 Å². The lowest BCUT2D eigenvalue weighted by Gasteiger charge is -2.33. The number of likely N-dealkylation sites (tertiary alicyclic amines) is 1. The summed E-state index contributed by atoms with van der Waals surface area (Å²) in [6.07, 6.45) is 4.20. The van der Waals surface area contributed by atoms with Gasteiger partial charge in [-0.15, -0.1) is 11.3 Å². The number of amides is 1. The number of hydrogen-bond acceptors (Lipinski definition) is 3. The molecule has 1 amide bonds. The van der Waals surface area contributed by atoms with Crippen LogP contribution in [0.25, 0.3) is 0 Å². The number of nitrogens with zero attached hydrogens (tertiary/aromatic N) is 3. The lowest BCUT2D eigenvalue weighted by Crippen LogP contribution is -2.41. The molecule has 0 aromatic carbocycles. The van der Waals surface area contributed by atoms with Crippen LogP contribution < -0.4 is 0 Å². The van der Waals surface area contributed by atoms with E-state index < -0.39 is 0 Å². The molecule has 4 nitrogen and oxygen atoms in total. The Morgan fingerprint density at radius 1 is 1.48 bits per heavy atom. The maximum absolute atomic E-state index is 12.5. The molecule has 0 aliphatic carbocycles. The van der Waals surface area contributed by atoms with Gasteiger partial charge in [0.25, 0.3) is 5.91 Å². The van der Waals surface area contributed by atoms with Gasteiger partial charge < -0.3 is 9.47 Å². The Hall–Kier alpha value is -1.62. The fraction of sp³-hybridized carbons (Fsp3) is 0.500. The highest BCUT2D eigenvalue weighted by Crippen LogP contribution is 2.22. The maximum atomic E-state index is 12.5. The van der Waals surface area contributed by atoms with Crippen molar-refractivity contribution >= 4 is 17.2 Å². The Kier molecular flexibility index (Phi) is 4.10. The van der Waals surface area contributed by atoms with E-state index >= 15 is 0 Å². The quantitative estimate of drug-likeness (QED) is 0.874. The largest absolute Gasteiger partial charge is 0.338 e. The van der Waals surface area contributed by atoms with E-state index in [0.29, 0.717) is 5.92 Å². The molecule has 0 N–H and O–H groups in total. The molecule has 21 heavy (non-hydrogen) atoms. The van der Waals surface area contributed by atoms with Crippen LogP contribution in [0.3, 0.4) is 0 Å². The summed E-state index contributed by atoms with van der Waals surface area (Å²) in [4.78, 5) is 19.7. The van der Waals surface area contributed by atoms with E-state index in [1.54, 1.807) is 0 Å². The monoisotopic (exact) mass is 303 g/mol. The van der Waals surface area contributed by atoms with Crippen LogP contribution in [0.1, 0.15) is 34.0 Å². The predicted octanol–water partition coefficient (Wildman–Crippen LogP) is 3.11. The third-order valence-corrected chi connectivity index (χ3v) is 5.09. The lowest BCUT2D eigenvalue weighted by atomic mass is 9.97. The minimum atomic E-state index is 0.189. The number of rotatable bonds is 3. The predicted molar refractivity (Wildman–Crippen MR) is 84.6 cm³/mol. The molecule has 2 aromatic rings. The van der Waals surface area contributed by atoms with Crippen molar-refractivity contribution in [2.75, 3.05) is 13.1 Å². The minimum absolute atomic E-state index is 0.189. The van der Waals surface area contributed by atoms with E-state index in [4.69, 9.17) is 0 Å². The highest BCUT2D eigenvalue weighted by atomic mass is 32.1. The maximum Gasteiger partial charge on any atom is 0.263 e. The number of hydrogen-bond donors (Lipinski definition) is 0. The van der Waals surface area contributed by atoms with Crippen molar-refractivity contribution in [2.24, 2.45) is 5.92 Å². The van der Waals surface area contributed by atoms with Crippen LogP contribution in [-0.4, -0.2) is 33.4 Å². The van der Waals surface area contributed by atoms with Crippen LogP contribution in [0.2, 0.25) is 0 Å². The molecule has 0 saturated carbocycles. The number of aromatic nitrogens is 2. The molecule has 3 rings (SSSR count). The molecule has 5 heteroatoms. The van der Waals surface area contributed by atoms with E-state index in [0.717, 1.165) is 36.8 Å². The number of carbonyl (C=O) groups excluding carboxylic acids is 1. The summed E-state index contributed by atoms with van der Waals surface area (Å²) in [6.45, 7) is 6.84. The first-order valence-corrected chi connectivity index (χ1v) is 8.34. The van der Waals surface area contributed by atoms with Gasteiger partial charge in [0.15, 0.2) is 0 Å². The molecule has 112 valence electrons. The first-order valence-electron chi connectivity index (χ1n) is 7.46. The van der Waals surface area contributed by atoms with Crippen LogP contribution in [0, 0.1) is 19.8 Å².